The lowest BCUT2D eigenvalue weighted by molar-refractivity contribution is 0.0900. The zero-order valence-corrected chi connectivity index (χ0v) is 50.1. The summed E-state index contributed by atoms with van der Waals surface area (Å²) in [7, 11) is 0. The van der Waals surface area contributed by atoms with Crippen molar-refractivity contribution in [3.8, 4) is 33.4 Å². The molecule has 0 amide bonds. The number of allylic oxidation sites excluding steroid dienone is 12. The van der Waals surface area contributed by atoms with Gasteiger partial charge >= 0.3 is 0 Å². The normalized spacial score (nSPS) is 23.8. The van der Waals surface area contributed by atoms with E-state index >= 15 is 0 Å². The molecule has 8 aromatic carbocycles. The third-order valence-corrected chi connectivity index (χ3v) is 21.4. The molecule has 3 unspecified atom stereocenters. The molecule has 3 atom stereocenters. The van der Waals surface area contributed by atoms with Gasteiger partial charge in [-0.3, -0.25) is 0 Å². The summed E-state index contributed by atoms with van der Waals surface area (Å²) in [5, 5.41) is 0. The number of hydrogen-bond donors (Lipinski definition) is 0. The Hall–Kier alpha value is -8.34. The highest BCUT2D eigenvalue weighted by Gasteiger charge is 2.50. The number of hydrogen-bond acceptors (Lipinski definition) is 3. The molecule has 8 aromatic rings. The maximum atomic E-state index is 2.93. The second-order valence-corrected chi connectivity index (χ2v) is 28.5. The molecule has 416 valence electrons. The maximum Gasteiger partial charge on any atom is 0.252 e. The van der Waals surface area contributed by atoms with Gasteiger partial charge in [0, 0.05) is 63.7 Å². The first kappa shape index (κ1) is 51.1. The molecule has 0 radical (unpaired) electrons. The molecule has 4 bridgehead atoms. The summed E-state index contributed by atoms with van der Waals surface area (Å²) >= 11 is 0. The Balaban J connectivity index is 0.937. The topological polar surface area (TPSA) is 9.72 Å². The summed E-state index contributed by atoms with van der Waals surface area (Å²) in [4.78, 5) is 8.27. The third-order valence-electron chi connectivity index (χ3n) is 21.4. The Morgan fingerprint density at radius 3 is 1.54 bits per heavy atom. The van der Waals surface area contributed by atoms with Gasteiger partial charge in [-0.2, -0.15) is 0 Å². The van der Waals surface area contributed by atoms with Gasteiger partial charge in [0.05, 0.1) is 0 Å². The van der Waals surface area contributed by atoms with Crippen LogP contribution in [-0.2, 0) is 0 Å². The number of anilines is 7. The molecule has 4 aliphatic heterocycles. The van der Waals surface area contributed by atoms with Crippen LogP contribution in [0.2, 0.25) is 0 Å². The molecule has 2 saturated carbocycles. The first-order valence-electron chi connectivity index (χ1n) is 31.8. The molecule has 2 saturated heterocycles. The number of rotatable bonds is 7. The Labute approximate surface area is 504 Å². The molecule has 0 spiro atoms. The number of benzene rings is 8. The van der Waals surface area contributed by atoms with Crippen LogP contribution in [0.4, 0.5) is 39.8 Å². The minimum Gasteiger partial charge on any atom is -0.365 e. The molecule has 10 aliphatic rings. The zero-order chi connectivity index (χ0) is 57.0. The van der Waals surface area contributed by atoms with Gasteiger partial charge in [-0.1, -0.05) is 223 Å². The highest BCUT2D eigenvalue weighted by Crippen LogP contribution is 2.58. The van der Waals surface area contributed by atoms with Gasteiger partial charge in [-0.15, -0.1) is 0 Å². The van der Waals surface area contributed by atoms with E-state index < -0.39 is 0 Å². The highest BCUT2D eigenvalue weighted by molar-refractivity contribution is 7.00. The monoisotopic (exact) mass is 1100 g/mol. The fourth-order valence-electron chi connectivity index (χ4n) is 17.5. The summed E-state index contributed by atoms with van der Waals surface area (Å²) in [5.41, 5.74) is 30.4. The standard InChI is InChI=1S/C81H74BN3/c1-80(2,3)62-41-59-22-23-60-42-63(81(4,5)6)47-70-69(44-61(43-62)77(59)78(60)70)58-29-35-73-72(45-58)82-71-34-28-57(54-20-14-9-15-21-54)46-74(71)85(65-32-26-56(27-33-65)53-18-12-8-13-19-53)76-49-68(83-66-37-50-36-51(39-66)40-67(83)38-50)48-75(79(76)82)84(73)64-30-24-55(25-31-64)52-16-10-7-11-17-52/h7-35,42-51,59,66-67,77-78H,36-41H2,1-6H3. The fourth-order valence-corrected chi connectivity index (χ4v) is 17.5. The van der Waals surface area contributed by atoms with Crippen LogP contribution in [0.25, 0.3) is 39.0 Å². The van der Waals surface area contributed by atoms with Crippen molar-refractivity contribution in [1.82, 2.24) is 0 Å². The second-order valence-electron chi connectivity index (χ2n) is 28.5. The highest BCUT2D eigenvalue weighted by atomic mass is 15.2. The molecule has 4 heterocycles. The Bertz CT molecular complexity index is 4210. The van der Waals surface area contributed by atoms with Crippen LogP contribution in [0.1, 0.15) is 85.6 Å². The van der Waals surface area contributed by atoms with E-state index in [4.69, 9.17) is 0 Å². The predicted molar refractivity (Wildman–Crippen MR) is 359 cm³/mol. The average Bonchev–Trinajstić information content (AvgIpc) is 1.03. The average molecular weight is 1100 g/mol. The summed E-state index contributed by atoms with van der Waals surface area (Å²) in [6, 6.07) is 73.3. The van der Waals surface area contributed by atoms with Crippen molar-refractivity contribution < 1.29 is 0 Å². The van der Waals surface area contributed by atoms with E-state index in [1.165, 1.54) is 155 Å². The smallest absolute Gasteiger partial charge is 0.252 e. The molecular weight excluding hydrogens is 1030 g/mol. The molecule has 0 aromatic heterocycles. The zero-order valence-electron chi connectivity index (χ0n) is 50.1. The van der Waals surface area contributed by atoms with Crippen molar-refractivity contribution in [3.05, 3.63) is 258 Å². The lowest BCUT2D eigenvalue weighted by Gasteiger charge is -2.58. The van der Waals surface area contributed by atoms with Gasteiger partial charge < -0.3 is 14.7 Å². The van der Waals surface area contributed by atoms with Crippen LogP contribution < -0.4 is 31.1 Å². The van der Waals surface area contributed by atoms with Crippen molar-refractivity contribution in [1.29, 1.82) is 0 Å². The number of nitrogens with zero attached hydrogens (tertiary/aromatic N) is 3. The van der Waals surface area contributed by atoms with E-state index in [9.17, 15) is 0 Å². The molecule has 85 heavy (non-hydrogen) atoms. The van der Waals surface area contributed by atoms with E-state index in [0.29, 0.717) is 29.8 Å². The van der Waals surface area contributed by atoms with Crippen LogP contribution in [0.5, 0.6) is 0 Å². The summed E-state index contributed by atoms with van der Waals surface area (Å²) in [6.07, 6.45) is 23.3. The molecule has 4 fully saturated rings. The maximum absolute atomic E-state index is 2.93. The van der Waals surface area contributed by atoms with E-state index in [0.717, 1.165) is 18.3 Å². The van der Waals surface area contributed by atoms with Gasteiger partial charge in [-0.05, 0) is 199 Å². The quantitative estimate of drug-likeness (QED) is 0.147. The van der Waals surface area contributed by atoms with Gasteiger partial charge in [0.2, 0.25) is 0 Å². The minimum absolute atomic E-state index is 0.00655. The van der Waals surface area contributed by atoms with Crippen LogP contribution in [0.15, 0.2) is 252 Å². The largest absolute Gasteiger partial charge is 0.365 e. The minimum atomic E-state index is -0.0526. The molecular formula is C81H74BN3. The molecule has 4 heteroatoms. The summed E-state index contributed by atoms with van der Waals surface area (Å²) in [6.45, 7) is 14.3. The van der Waals surface area contributed by atoms with Gasteiger partial charge in [0.15, 0.2) is 0 Å². The predicted octanol–water partition coefficient (Wildman–Crippen LogP) is 18.9. The Morgan fingerprint density at radius 2 is 0.965 bits per heavy atom. The van der Waals surface area contributed by atoms with Crippen molar-refractivity contribution in [3.63, 3.8) is 0 Å². The van der Waals surface area contributed by atoms with Gasteiger partial charge in [0.25, 0.3) is 6.71 Å². The van der Waals surface area contributed by atoms with Crippen LogP contribution >= 0.6 is 0 Å². The van der Waals surface area contributed by atoms with E-state index in [-0.39, 0.29) is 17.5 Å². The van der Waals surface area contributed by atoms with Crippen molar-refractivity contribution >= 4 is 68.5 Å². The lowest BCUT2D eigenvalue weighted by Crippen LogP contribution is -2.62. The van der Waals surface area contributed by atoms with E-state index in [1.807, 2.05) is 0 Å². The van der Waals surface area contributed by atoms with Gasteiger partial charge in [-0.25, -0.2) is 0 Å². The Kier molecular flexibility index (Phi) is 11.5. The van der Waals surface area contributed by atoms with Gasteiger partial charge in [0.1, 0.15) is 0 Å². The Morgan fingerprint density at radius 1 is 0.424 bits per heavy atom. The number of fused-ring (bicyclic) bond motifs is 4. The molecule has 18 rings (SSSR count). The molecule has 3 nitrogen and oxygen atoms in total. The lowest BCUT2D eigenvalue weighted by atomic mass is 9.33. The first-order valence-corrected chi connectivity index (χ1v) is 31.8. The molecule has 6 aliphatic carbocycles. The van der Waals surface area contributed by atoms with Crippen molar-refractivity contribution in [2.45, 2.75) is 92.2 Å². The SMILES string of the molecule is CC(C)(C)C1=CC2=C(c3ccc4c(c3)B3c5ccc(-c6ccccc6)cc5N(c5ccc(-c6ccccc6)cc5)c5cc(N6C7CC8CC(C7)CC6C8)cc(c53)N4c3ccc(-c4ccccc4)cc3)C=C3C=C(C(C)(C)C)CC4C=CC(=C1)C2C34. The van der Waals surface area contributed by atoms with Crippen LogP contribution in [-0.4, -0.2) is 18.8 Å². The number of piperidine rings is 2. The summed E-state index contributed by atoms with van der Waals surface area (Å²) in [5.74, 6) is 2.91. The first-order chi connectivity index (χ1) is 41.3. The van der Waals surface area contributed by atoms with Crippen LogP contribution in [0.3, 0.4) is 0 Å². The van der Waals surface area contributed by atoms with E-state index in [1.54, 1.807) is 5.57 Å². The fraction of sp³-hybridized carbons (Fsp3) is 0.259. The van der Waals surface area contributed by atoms with E-state index in [2.05, 4.69) is 281 Å². The van der Waals surface area contributed by atoms with Crippen molar-refractivity contribution in [2.24, 2.45) is 40.4 Å². The summed E-state index contributed by atoms with van der Waals surface area (Å²) < 4.78 is 0. The second kappa shape index (κ2) is 19.1. The van der Waals surface area contributed by atoms with Crippen LogP contribution in [0, 0.1) is 40.4 Å². The molecule has 0 N–H and O–H groups in total. The third kappa shape index (κ3) is 8.28. The van der Waals surface area contributed by atoms with Crippen molar-refractivity contribution in [2.75, 3.05) is 14.7 Å².